The maximum absolute atomic E-state index is 14.5. The number of aryl methyl sites for hydroxylation is 3. The number of rotatable bonds is 9. The number of ether oxygens (including phenoxy) is 1. The molecule has 0 aromatic heterocycles. The molecule has 0 bridgehead atoms. The Labute approximate surface area is 180 Å². The van der Waals surface area contributed by atoms with Crippen LogP contribution in [0.15, 0.2) is 54.6 Å². The van der Waals surface area contributed by atoms with Gasteiger partial charge in [0.25, 0.3) is 6.43 Å². The highest BCUT2D eigenvalue weighted by Crippen LogP contribution is 2.29. The summed E-state index contributed by atoms with van der Waals surface area (Å²) in [7, 11) is 0. The second-order valence-electron chi connectivity index (χ2n) is 7.61. The van der Waals surface area contributed by atoms with E-state index in [1.54, 1.807) is 12.1 Å². The van der Waals surface area contributed by atoms with Gasteiger partial charge in [-0.3, -0.25) is 0 Å². The molecule has 0 aliphatic heterocycles. The molecule has 0 fully saturated rings. The van der Waals surface area contributed by atoms with Crippen LogP contribution < -0.4 is 4.74 Å². The van der Waals surface area contributed by atoms with Crippen molar-refractivity contribution in [3.8, 4) is 16.9 Å². The molecule has 0 unspecified atom stereocenters. The Bertz CT molecular complexity index is 1010. The van der Waals surface area contributed by atoms with Gasteiger partial charge in [-0.2, -0.15) is 0 Å². The Morgan fingerprint density at radius 1 is 0.871 bits per heavy atom. The van der Waals surface area contributed by atoms with Crippen molar-refractivity contribution in [3.05, 3.63) is 88.5 Å². The first-order valence-corrected chi connectivity index (χ1v) is 10.5. The fourth-order valence-electron chi connectivity index (χ4n) is 3.59. The molecule has 0 heterocycles. The Kier molecular flexibility index (Phi) is 7.72. The molecule has 3 rings (SSSR count). The number of benzene rings is 3. The van der Waals surface area contributed by atoms with Crippen LogP contribution in [0.1, 0.15) is 48.4 Å². The van der Waals surface area contributed by atoms with Crippen LogP contribution in [0.5, 0.6) is 5.75 Å². The Morgan fingerprint density at radius 2 is 1.58 bits per heavy atom. The molecule has 0 aliphatic rings. The summed E-state index contributed by atoms with van der Waals surface area (Å²) in [4.78, 5) is 0. The topological polar surface area (TPSA) is 9.23 Å². The SMILES string of the molecule is CCCc1ccc(-c2ccc(OCCCc3ccc(C)c(C(F)F)c3F)c(F)c2)cc1. The minimum absolute atomic E-state index is 0.115. The van der Waals surface area contributed by atoms with Gasteiger partial charge in [0, 0.05) is 0 Å². The molecule has 0 spiro atoms. The lowest BCUT2D eigenvalue weighted by atomic mass is 10.0. The minimum Gasteiger partial charge on any atom is -0.491 e. The number of halogens is 4. The molecule has 0 aliphatic carbocycles. The van der Waals surface area contributed by atoms with Gasteiger partial charge in [0.1, 0.15) is 5.82 Å². The molecule has 164 valence electrons. The average molecular weight is 430 g/mol. The third-order valence-electron chi connectivity index (χ3n) is 5.30. The van der Waals surface area contributed by atoms with E-state index in [0.717, 1.165) is 24.0 Å². The van der Waals surface area contributed by atoms with Crippen molar-refractivity contribution >= 4 is 0 Å². The van der Waals surface area contributed by atoms with Crippen molar-refractivity contribution in [1.82, 2.24) is 0 Å². The van der Waals surface area contributed by atoms with Gasteiger partial charge in [-0.25, -0.2) is 17.6 Å². The summed E-state index contributed by atoms with van der Waals surface area (Å²) in [6.07, 6.45) is -0.161. The monoisotopic (exact) mass is 430 g/mol. The lowest BCUT2D eigenvalue weighted by molar-refractivity contribution is 0.145. The van der Waals surface area contributed by atoms with Gasteiger partial charge in [0.15, 0.2) is 11.6 Å². The Morgan fingerprint density at radius 3 is 2.23 bits per heavy atom. The predicted molar refractivity (Wildman–Crippen MR) is 116 cm³/mol. The predicted octanol–water partition coefficient (Wildman–Crippen LogP) is 7.84. The van der Waals surface area contributed by atoms with Crippen LogP contribution in [0.25, 0.3) is 11.1 Å². The zero-order valence-corrected chi connectivity index (χ0v) is 17.7. The van der Waals surface area contributed by atoms with Gasteiger partial charge in [0.05, 0.1) is 12.2 Å². The molecule has 1 nitrogen and oxygen atoms in total. The summed E-state index contributed by atoms with van der Waals surface area (Å²) in [5.74, 6) is -1.23. The summed E-state index contributed by atoms with van der Waals surface area (Å²) < 4.78 is 60.3. The molecule has 31 heavy (non-hydrogen) atoms. The molecule has 5 heteroatoms. The fraction of sp³-hybridized carbons (Fsp3) is 0.308. The summed E-state index contributed by atoms with van der Waals surface area (Å²) in [5.41, 5.74) is 2.82. The quantitative estimate of drug-likeness (QED) is 0.248. The second-order valence-corrected chi connectivity index (χ2v) is 7.61. The molecule has 0 amide bonds. The zero-order valence-electron chi connectivity index (χ0n) is 17.7. The van der Waals surface area contributed by atoms with Crippen molar-refractivity contribution in [2.24, 2.45) is 0 Å². The first-order chi connectivity index (χ1) is 14.9. The van der Waals surface area contributed by atoms with Crippen LogP contribution in [0, 0.1) is 18.6 Å². The average Bonchev–Trinajstić information content (AvgIpc) is 2.74. The van der Waals surface area contributed by atoms with Crippen LogP contribution in [-0.4, -0.2) is 6.61 Å². The smallest absolute Gasteiger partial charge is 0.266 e. The van der Waals surface area contributed by atoms with E-state index < -0.39 is 23.6 Å². The lowest BCUT2D eigenvalue weighted by Crippen LogP contribution is -2.04. The van der Waals surface area contributed by atoms with E-state index in [-0.39, 0.29) is 29.9 Å². The number of hydrogen-bond acceptors (Lipinski definition) is 1. The standard InChI is InChI=1S/C26H26F4O/c1-3-5-18-8-11-19(12-9-18)21-13-14-23(22(27)16-21)31-15-4-6-20-10-7-17(2)24(25(20)28)26(29)30/h7-14,16,26H,3-6,15H2,1-2H3. The molecule has 3 aromatic rings. The van der Waals surface area contributed by atoms with E-state index in [1.165, 1.54) is 30.7 Å². The number of alkyl halides is 2. The molecule has 0 radical (unpaired) electrons. The van der Waals surface area contributed by atoms with Gasteiger partial charge >= 0.3 is 0 Å². The second kappa shape index (κ2) is 10.5. The summed E-state index contributed by atoms with van der Waals surface area (Å²) in [6.45, 7) is 3.74. The molecule has 0 N–H and O–H groups in total. The van der Waals surface area contributed by atoms with E-state index in [4.69, 9.17) is 4.74 Å². The summed E-state index contributed by atoms with van der Waals surface area (Å²) >= 11 is 0. The van der Waals surface area contributed by atoms with Crippen molar-refractivity contribution in [2.75, 3.05) is 6.61 Å². The van der Waals surface area contributed by atoms with Gasteiger partial charge in [-0.1, -0.05) is 55.8 Å². The Balaban J connectivity index is 1.59. The molecular formula is C26H26F4O. The highest BCUT2D eigenvalue weighted by molar-refractivity contribution is 5.64. The molecule has 0 saturated heterocycles. The normalized spacial score (nSPS) is 11.2. The number of hydrogen-bond donors (Lipinski definition) is 0. The zero-order chi connectivity index (χ0) is 22.4. The lowest BCUT2D eigenvalue weighted by Gasteiger charge is -2.12. The van der Waals surface area contributed by atoms with Gasteiger partial charge in [-0.15, -0.1) is 0 Å². The highest BCUT2D eigenvalue weighted by Gasteiger charge is 2.19. The van der Waals surface area contributed by atoms with E-state index in [2.05, 4.69) is 6.92 Å². The van der Waals surface area contributed by atoms with Gasteiger partial charge in [-0.05, 0) is 66.1 Å². The third-order valence-corrected chi connectivity index (χ3v) is 5.30. The molecule has 0 atom stereocenters. The van der Waals surface area contributed by atoms with Crippen molar-refractivity contribution < 1.29 is 22.3 Å². The first kappa shape index (κ1) is 22.9. The van der Waals surface area contributed by atoms with E-state index in [1.807, 2.05) is 24.3 Å². The highest BCUT2D eigenvalue weighted by atomic mass is 19.3. The van der Waals surface area contributed by atoms with Gasteiger partial charge in [0.2, 0.25) is 0 Å². The van der Waals surface area contributed by atoms with Crippen LogP contribution in [-0.2, 0) is 12.8 Å². The fourth-order valence-corrected chi connectivity index (χ4v) is 3.59. The molecule has 0 saturated carbocycles. The van der Waals surface area contributed by atoms with Crippen LogP contribution in [0.4, 0.5) is 17.6 Å². The summed E-state index contributed by atoms with van der Waals surface area (Å²) in [6, 6.07) is 15.8. The maximum atomic E-state index is 14.5. The van der Waals surface area contributed by atoms with Crippen molar-refractivity contribution in [3.63, 3.8) is 0 Å². The van der Waals surface area contributed by atoms with E-state index in [0.29, 0.717) is 6.42 Å². The molecular weight excluding hydrogens is 404 g/mol. The third kappa shape index (κ3) is 5.66. The Hall–Kier alpha value is -2.82. The van der Waals surface area contributed by atoms with Crippen LogP contribution in [0.2, 0.25) is 0 Å². The van der Waals surface area contributed by atoms with Crippen molar-refractivity contribution in [2.45, 2.75) is 46.0 Å². The van der Waals surface area contributed by atoms with Crippen molar-refractivity contribution in [1.29, 1.82) is 0 Å². The minimum atomic E-state index is -2.85. The van der Waals surface area contributed by atoms with E-state index >= 15 is 0 Å². The first-order valence-electron chi connectivity index (χ1n) is 10.5. The van der Waals surface area contributed by atoms with E-state index in [9.17, 15) is 17.6 Å². The maximum Gasteiger partial charge on any atom is 0.266 e. The summed E-state index contributed by atoms with van der Waals surface area (Å²) in [5, 5.41) is 0. The van der Waals surface area contributed by atoms with Crippen LogP contribution in [0.3, 0.4) is 0 Å². The largest absolute Gasteiger partial charge is 0.491 e. The molecule has 3 aromatic carbocycles. The van der Waals surface area contributed by atoms with Crippen LogP contribution >= 0.6 is 0 Å². The van der Waals surface area contributed by atoms with Gasteiger partial charge < -0.3 is 4.74 Å².